The minimum absolute atomic E-state index is 0.307. The Morgan fingerprint density at radius 3 is 2.58 bits per heavy atom. The maximum Gasteiger partial charge on any atom is 0.272 e. The van der Waals surface area contributed by atoms with Crippen LogP contribution in [0.3, 0.4) is 0 Å². The largest absolute Gasteiger partial charge is 0.272 e. The van der Waals surface area contributed by atoms with Gasteiger partial charge in [0.15, 0.2) is 0 Å². The molecule has 24 heavy (non-hydrogen) atoms. The summed E-state index contributed by atoms with van der Waals surface area (Å²) in [4.78, 5) is 16.9. The molecule has 120 valence electrons. The Balaban J connectivity index is 1.87. The summed E-state index contributed by atoms with van der Waals surface area (Å²) in [5.41, 5.74) is 5.95. The van der Waals surface area contributed by atoms with E-state index in [2.05, 4.69) is 15.5 Å². The van der Waals surface area contributed by atoms with Gasteiger partial charge in [-0.25, -0.2) is 9.82 Å². The second-order valence-corrected chi connectivity index (χ2v) is 5.47. The first kappa shape index (κ1) is 15.8. The van der Waals surface area contributed by atoms with Crippen LogP contribution in [-0.2, 0) is 0 Å². The number of carbonyl (C=O) groups is 1. The maximum atomic E-state index is 13.0. The number of hydrogen-bond acceptors (Lipinski definition) is 3. The molecule has 1 amide bonds. The molecule has 1 heterocycles. The van der Waals surface area contributed by atoms with Crippen LogP contribution in [0.15, 0.2) is 59.7 Å². The lowest BCUT2D eigenvalue weighted by atomic mass is 10.1. The van der Waals surface area contributed by atoms with Crippen molar-refractivity contribution in [2.24, 2.45) is 5.10 Å². The van der Waals surface area contributed by atoms with E-state index in [1.165, 1.54) is 12.1 Å². The predicted molar refractivity (Wildman–Crippen MR) is 92.6 cm³/mol. The average molecular weight is 321 g/mol. The summed E-state index contributed by atoms with van der Waals surface area (Å²) in [7, 11) is 0. The van der Waals surface area contributed by atoms with Crippen LogP contribution in [0, 0.1) is 12.7 Å². The summed E-state index contributed by atoms with van der Waals surface area (Å²) in [6.45, 7) is 3.60. The summed E-state index contributed by atoms with van der Waals surface area (Å²) in [6.07, 6.45) is 0. The summed E-state index contributed by atoms with van der Waals surface area (Å²) < 4.78 is 13.0. The first-order chi connectivity index (χ1) is 11.5. The highest BCUT2D eigenvalue weighted by Crippen LogP contribution is 2.18. The molecule has 1 aromatic heterocycles. The monoisotopic (exact) mass is 321 g/mol. The van der Waals surface area contributed by atoms with Gasteiger partial charge in [-0.05, 0) is 43.7 Å². The lowest BCUT2D eigenvalue weighted by molar-refractivity contribution is 0.0956. The van der Waals surface area contributed by atoms with E-state index in [1.807, 2.05) is 31.2 Å². The standard InChI is InChI=1S/C19H16FN3O/c1-12-11-17(16-5-3-4-6-18(16)21-12)19(24)23-22-13(2)14-7-9-15(20)10-8-14/h3-11H,1-2H3,(H,23,24)/b22-13-. The molecule has 0 aliphatic carbocycles. The van der Waals surface area contributed by atoms with Crippen LogP contribution < -0.4 is 5.43 Å². The van der Waals surface area contributed by atoms with Gasteiger partial charge in [0.2, 0.25) is 0 Å². The van der Waals surface area contributed by atoms with Crippen LogP contribution in [0.4, 0.5) is 4.39 Å². The summed E-state index contributed by atoms with van der Waals surface area (Å²) in [5, 5.41) is 4.88. The Kier molecular flexibility index (Phi) is 4.33. The number of carbonyl (C=O) groups excluding carboxylic acids is 1. The Hall–Kier alpha value is -3.08. The number of fused-ring (bicyclic) bond motifs is 1. The van der Waals surface area contributed by atoms with Crippen LogP contribution in [0.5, 0.6) is 0 Å². The van der Waals surface area contributed by atoms with Gasteiger partial charge in [-0.2, -0.15) is 5.10 Å². The summed E-state index contributed by atoms with van der Waals surface area (Å²) in [6, 6.07) is 15.2. The number of aromatic nitrogens is 1. The van der Waals surface area contributed by atoms with E-state index in [9.17, 15) is 9.18 Å². The number of halogens is 1. The number of nitrogens with one attached hydrogen (secondary N) is 1. The fourth-order valence-corrected chi connectivity index (χ4v) is 2.45. The fourth-order valence-electron chi connectivity index (χ4n) is 2.45. The van der Waals surface area contributed by atoms with Crippen LogP contribution >= 0.6 is 0 Å². The average Bonchev–Trinajstić information content (AvgIpc) is 2.59. The highest BCUT2D eigenvalue weighted by molar-refractivity contribution is 6.07. The van der Waals surface area contributed by atoms with Crippen molar-refractivity contribution in [2.75, 3.05) is 0 Å². The van der Waals surface area contributed by atoms with E-state index >= 15 is 0 Å². The van der Waals surface area contributed by atoms with E-state index < -0.39 is 0 Å². The van der Waals surface area contributed by atoms with Gasteiger partial charge in [-0.15, -0.1) is 0 Å². The number of nitrogens with zero attached hydrogens (tertiary/aromatic N) is 2. The molecule has 4 nitrogen and oxygen atoms in total. The second kappa shape index (κ2) is 6.58. The summed E-state index contributed by atoms with van der Waals surface area (Å²) >= 11 is 0. The van der Waals surface area contributed by atoms with Crippen molar-refractivity contribution in [3.05, 3.63) is 77.2 Å². The zero-order valence-electron chi connectivity index (χ0n) is 13.4. The van der Waals surface area contributed by atoms with Crippen LogP contribution in [0.25, 0.3) is 10.9 Å². The molecule has 0 saturated carbocycles. The van der Waals surface area contributed by atoms with E-state index in [1.54, 1.807) is 25.1 Å². The second-order valence-electron chi connectivity index (χ2n) is 5.47. The molecule has 0 radical (unpaired) electrons. The van der Waals surface area contributed by atoms with E-state index in [4.69, 9.17) is 0 Å². The van der Waals surface area contributed by atoms with Gasteiger partial charge < -0.3 is 0 Å². The van der Waals surface area contributed by atoms with Crippen molar-refractivity contribution < 1.29 is 9.18 Å². The molecular formula is C19H16FN3O. The lowest BCUT2D eigenvalue weighted by Crippen LogP contribution is -2.20. The van der Waals surface area contributed by atoms with Crippen molar-refractivity contribution in [1.82, 2.24) is 10.4 Å². The number of amides is 1. The van der Waals surface area contributed by atoms with Crippen molar-refractivity contribution >= 4 is 22.5 Å². The van der Waals surface area contributed by atoms with E-state index in [0.717, 1.165) is 22.2 Å². The molecule has 0 aliphatic heterocycles. The van der Waals surface area contributed by atoms with Crippen molar-refractivity contribution in [3.63, 3.8) is 0 Å². The Morgan fingerprint density at radius 2 is 1.83 bits per heavy atom. The van der Waals surface area contributed by atoms with Crippen LogP contribution in [-0.4, -0.2) is 16.6 Å². The number of rotatable bonds is 3. The molecule has 1 N–H and O–H groups in total. The predicted octanol–water partition coefficient (Wildman–Crippen LogP) is 3.84. The molecule has 0 unspecified atom stereocenters. The van der Waals surface area contributed by atoms with Gasteiger partial charge in [-0.3, -0.25) is 9.78 Å². The van der Waals surface area contributed by atoms with Gasteiger partial charge in [-0.1, -0.05) is 30.3 Å². The van der Waals surface area contributed by atoms with E-state index in [-0.39, 0.29) is 11.7 Å². The van der Waals surface area contributed by atoms with Crippen LogP contribution in [0.2, 0.25) is 0 Å². The first-order valence-corrected chi connectivity index (χ1v) is 7.51. The molecule has 3 rings (SSSR count). The SMILES string of the molecule is C/C(=N/NC(=O)c1cc(C)nc2ccccc12)c1ccc(F)cc1. The van der Waals surface area contributed by atoms with Gasteiger partial charge in [0.1, 0.15) is 5.82 Å². The zero-order chi connectivity index (χ0) is 17.1. The molecular weight excluding hydrogens is 305 g/mol. The first-order valence-electron chi connectivity index (χ1n) is 7.51. The normalized spacial score (nSPS) is 11.5. The summed E-state index contributed by atoms with van der Waals surface area (Å²) in [5.74, 6) is -0.618. The highest BCUT2D eigenvalue weighted by atomic mass is 19.1. The molecule has 5 heteroatoms. The maximum absolute atomic E-state index is 13.0. The van der Waals surface area contributed by atoms with Gasteiger partial charge in [0.05, 0.1) is 16.8 Å². The Bertz CT molecular complexity index is 933. The molecule has 0 atom stereocenters. The Morgan fingerprint density at radius 1 is 1.12 bits per heavy atom. The number of aryl methyl sites for hydroxylation is 1. The third kappa shape index (κ3) is 3.30. The minimum atomic E-state index is -0.311. The smallest absolute Gasteiger partial charge is 0.267 e. The van der Waals surface area contributed by atoms with Crippen LogP contribution in [0.1, 0.15) is 28.5 Å². The highest BCUT2D eigenvalue weighted by Gasteiger charge is 2.11. The van der Waals surface area contributed by atoms with Gasteiger partial charge >= 0.3 is 0 Å². The number of hydrogen-bond donors (Lipinski definition) is 1. The number of para-hydroxylation sites is 1. The van der Waals surface area contributed by atoms with Crippen molar-refractivity contribution in [1.29, 1.82) is 0 Å². The minimum Gasteiger partial charge on any atom is -0.267 e. The van der Waals surface area contributed by atoms with Gasteiger partial charge in [0.25, 0.3) is 5.91 Å². The third-order valence-electron chi connectivity index (χ3n) is 3.68. The molecule has 0 aliphatic rings. The molecule has 2 aromatic carbocycles. The van der Waals surface area contributed by atoms with Crippen molar-refractivity contribution in [3.8, 4) is 0 Å². The Labute approximate surface area is 139 Å². The quantitative estimate of drug-likeness (QED) is 0.589. The molecule has 0 bridgehead atoms. The van der Waals surface area contributed by atoms with Crippen molar-refractivity contribution in [2.45, 2.75) is 13.8 Å². The van der Waals surface area contributed by atoms with E-state index in [0.29, 0.717) is 11.3 Å². The molecule has 0 saturated heterocycles. The molecule has 3 aromatic rings. The van der Waals surface area contributed by atoms with Gasteiger partial charge in [0, 0.05) is 11.1 Å². The number of pyridine rings is 1. The molecule has 0 spiro atoms. The topological polar surface area (TPSA) is 54.4 Å². The lowest BCUT2D eigenvalue weighted by Gasteiger charge is -2.07. The fraction of sp³-hybridized carbons (Fsp3) is 0.105. The number of hydrazone groups is 1. The zero-order valence-corrected chi connectivity index (χ0v) is 13.4. The third-order valence-corrected chi connectivity index (χ3v) is 3.68. The number of benzene rings is 2. The molecule has 0 fully saturated rings.